The van der Waals surface area contributed by atoms with Crippen molar-refractivity contribution in [1.82, 2.24) is 9.47 Å². The fourth-order valence-corrected chi connectivity index (χ4v) is 5.66. The van der Waals surface area contributed by atoms with Crippen molar-refractivity contribution in [2.24, 2.45) is 0 Å². The van der Waals surface area contributed by atoms with E-state index in [1.807, 2.05) is 48.7 Å². The van der Waals surface area contributed by atoms with E-state index in [1.165, 1.54) is 11.3 Å². The third-order valence-corrected chi connectivity index (χ3v) is 7.82. The van der Waals surface area contributed by atoms with Gasteiger partial charge in [-0.2, -0.15) is 0 Å². The smallest absolute Gasteiger partial charge is 0.273 e. The third kappa shape index (κ3) is 4.14. The zero-order valence-electron chi connectivity index (χ0n) is 18.9. The largest absolute Gasteiger partial charge is 0.495 e. The first kappa shape index (κ1) is 22.0. The highest BCUT2D eigenvalue weighted by molar-refractivity contribution is 7.22. The maximum absolute atomic E-state index is 13.4. The van der Waals surface area contributed by atoms with Crippen molar-refractivity contribution in [3.8, 4) is 21.9 Å². The van der Waals surface area contributed by atoms with E-state index in [-0.39, 0.29) is 5.56 Å². The Hall–Kier alpha value is -2.80. The monoisotopic (exact) mass is 479 g/mol. The molecular formula is C26H26ClN3O2S. The summed E-state index contributed by atoms with van der Waals surface area (Å²) in [6.07, 6.45) is 2.97. The Morgan fingerprint density at radius 1 is 1.09 bits per heavy atom. The zero-order valence-corrected chi connectivity index (χ0v) is 20.5. The van der Waals surface area contributed by atoms with Crippen LogP contribution in [0.1, 0.15) is 6.42 Å². The highest BCUT2D eigenvalue weighted by Gasteiger charge is 2.26. The molecule has 33 heavy (non-hydrogen) atoms. The first-order chi connectivity index (χ1) is 15.9. The minimum Gasteiger partial charge on any atom is -0.495 e. The van der Waals surface area contributed by atoms with Gasteiger partial charge >= 0.3 is 0 Å². The normalized spacial score (nSPS) is 16.2. The molecule has 2 aromatic carbocycles. The number of methoxy groups -OCH3 is 1. The Morgan fingerprint density at radius 3 is 2.58 bits per heavy atom. The average Bonchev–Trinajstić information content (AvgIpc) is 3.48. The van der Waals surface area contributed by atoms with E-state index in [4.69, 9.17) is 16.3 Å². The molecule has 7 heteroatoms. The molecule has 3 heterocycles. The molecule has 0 amide bonds. The summed E-state index contributed by atoms with van der Waals surface area (Å²) in [6.45, 7) is 1.96. The van der Waals surface area contributed by atoms with Gasteiger partial charge in [-0.15, -0.1) is 11.3 Å². The van der Waals surface area contributed by atoms with Crippen LogP contribution in [0.3, 0.4) is 0 Å². The van der Waals surface area contributed by atoms with E-state index >= 15 is 0 Å². The van der Waals surface area contributed by atoms with Gasteiger partial charge in [-0.25, -0.2) is 0 Å². The quantitative estimate of drug-likeness (QED) is 0.377. The van der Waals surface area contributed by atoms with Crippen molar-refractivity contribution in [2.45, 2.75) is 12.5 Å². The fraction of sp³-hybridized carbons (Fsp3) is 0.269. The second-order valence-corrected chi connectivity index (χ2v) is 10.1. The Morgan fingerprint density at radius 2 is 1.88 bits per heavy atom. The van der Waals surface area contributed by atoms with Crippen LogP contribution in [0.5, 0.6) is 5.75 Å². The van der Waals surface area contributed by atoms with Gasteiger partial charge in [0.05, 0.1) is 18.5 Å². The second kappa shape index (κ2) is 8.86. The van der Waals surface area contributed by atoms with Crippen LogP contribution in [0.25, 0.3) is 26.2 Å². The van der Waals surface area contributed by atoms with Gasteiger partial charge in [-0.3, -0.25) is 9.36 Å². The van der Waals surface area contributed by atoms with Crippen molar-refractivity contribution in [1.29, 1.82) is 0 Å². The number of fused-ring (bicyclic) bond motifs is 1. The number of rotatable bonds is 5. The van der Waals surface area contributed by atoms with E-state index in [0.29, 0.717) is 11.1 Å². The lowest BCUT2D eigenvalue weighted by Crippen LogP contribution is -2.31. The number of benzene rings is 2. The average molecular weight is 480 g/mol. The molecule has 1 unspecified atom stereocenters. The van der Waals surface area contributed by atoms with E-state index in [9.17, 15) is 4.79 Å². The topological polar surface area (TPSA) is 37.7 Å². The SMILES string of the molecule is COc1cc(-n2ccc3cc(-c4ccc(Cl)cc4)sc3c2=O)ccc1N1CCC(N(C)C)C1. The Bertz CT molecular complexity index is 1360. The van der Waals surface area contributed by atoms with Crippen molar-refractivity contribution in [3.05, 3.63) is 76.2 Å². The summed E-state index contributed by atoms with van der Waals surface area (Å²) in [5.74, 6) is 0.784. The van der Waals surface area contributed by atoms with Crippen LogP contribution in [0.2, 0.25) is 5.02 Å². The molecule has 0 saturated carbocycles. The number of pyridine rings is 1. The molecule has 1 fully saturated rings. The number of halogens is 1. The lowest BCUT2D eigenvalue weighted by Gasteiger charge is -2.24. The molecule has 1 aliphatic heterocycles. The molecule has 5 nitrogen and oxygen atoms in total. The molecule has 1 atom stereocenters. The van der Waals surface area contributed by atoms with Gasteiger partial charge in [0.25, 0.3) is 5.56 Å². The highest BCUT2D eigenvalue weighted by atomic mass is 35.5. The van der Waals surface area contributed by atoms with Gasteiger partial charge < -0.3 is 14.5 Å². The Balaban J connectivity index is 1.50. The molecule has 5 rings (SSSR count). The van der Waals surface area contributed by atoms with Gasteiger partial charge in [0.15, 0.2) is 0 Å². The fourth-order valence-electron chi connectivity index (χ4n) is 4.45. The van der Waals surface area contributed by atoms with Crippen molar-refractivity contribution >= 4 is 38.7 Å². The van der Waals surface area contributed by atoms with Crippen LogP contribution in [-0.4, -0.2) is 49.8 Å². The van der Waals surface area contributed by atoms with Gasteiger partial charge in [0.2, 0.25) is 0 Å². The molecule has 1 aliphatic rings. The highest BCUT2D eigenvalue weighted by Crippen LogP contribution is 2.35. The molecule has 4 aromatic rings. The van der Waals surface area contributed by atoms with E-state index in [0.717, 1.165) is 57.2 Å². The summed E-state index contributed by atoms with van der Waals surface area (Å²) in [4.78, 5) is 19.1. The minimum atomic E-state index is -0.0265. The predicted octanol–water partition coefficient (Wildman–Crippen LogP) is 5.52. The molecule has 0 bridgehead atoms. The number of aromatic nitrogens is 1. The molecule has 1 saturated heterocycles. The van der Waals surface area contributed by atoms with Crippen LogP contribution in [0, 0.1) is 0 Å². The number of thiophene rings is 1. The van der Waals surface area contributed by atoms with E-state index < -0.39 is 0 Å². The zero-order chi connectivity index (χ0) is 23.1. The number of anilines is 1. The Labute approximate surface area is 202 Å². The summed E-state index contributed by atoms with van der Waals surface area (Å²) in [6, 6.07) is 18.3. The van der Waals surface area contributed by atoms with Crippen LogP contribution in [0.15, 0.2) is 65.6 Å². The number of nitrogens with zero attached hydrogens (tertiary/aromatic N) is 3. The molecule has 0 N–H and O–H groups in total. The van der Waals surface area contributed by atoms with Crippen LogP contribution in [0.4, 0.5) is 5.69 Å². The van der Waals surface area contributed by atoms with E-state index in [2.05, 4.69) is 36.0 Å². The molecule has 170 valence electrons. The minimum absolute atomic E-state index is 0.0265. The van der Waals surface area contributed by atoms with Gasteiger partial charge in [-0.1, -0.05) is 23.7 Å². The van der Waals surface area contributed by atoms with Gasteiger partial charge in [-0.05, 0) is 62.5 Å². The van der Waals surface area contributed by atoms with Crippen LogP contribution >= 0.6 is 22.9 Å². The molecule has 0 aliphatic carbocycles. The first-order valence-electron chi connectivity index (χ1n) is 11.0. The lowest BCUT2D eigenvalue weighted by atomic mass is 10.2. The van der Waals surface area contributed by atoms with E-state index in [1.54, 1.807) is 11.7 Å². The van der Waals surface area contributed by atoms with Gasteiger partial charge in [0.1, 0.15) is 10.4 Å². The molecule has 0 radical (unpaired) electrons. The second-order valence-electron chi connectivity index (χ2n) is 8.60. The summed E-state index contributed by atoms with van der Waals surface area (Å²) in [5, 5.41) is 1.65. The number of hydrogen-bond donors (Lipinski definition) is 0. The molecular weight excluding hydrogens is 454 g/mol. The maximum Gasteiger partial charge on any atom is 0.273 e. The lowest BCUT2D eigenvalue weighted by molar-refractivity contribution is 0.315. The number of likely N-dealkylation sites (N-methyl/N-ethyl adjacent to an activating group) is 1. The maximum atomic E-state index is 13.4. The van der Waals surface area contributed by atoms with Crippen LogP contribution < -0.4 is 15.2 Å². The molecule has 2 aromatic heterocycles. The van der Waals surface area contributed by atoms with Crippen molar-refractivity contribution in [3.63, 3.8) is 0 Å². The molecule has 0 spiro atoms. The summed E-state index contributed by atoms with van der Waals surface area (Å²) in [5.41, 5.74) is 2.90. The van der Waals surface area contributed by atoms with Crippen molar-refractivity contribution in [2.75, 3.05) is 39.2 Å². The summed E-state index contributed by atoms with van der Waals surface area (Å²) >= 11 is 7.53. The third-order valence-electron chi connectivity index (χ3n) is 6.38. The van der Waals surface area contributed by atoms with Crippen LogP contribution in [-0.2, 0) is 0 Å². The standard InChI is InChI=1S/C26H26ClN3O2S/c1-28(2)21-11-12-29(16-21)22-9-8-20(15-23(22)32-3)30-13-10-18-14-24(33-25(18)26(30)31)17-4-6-19(27)7-5-17/h4-10,13-15,21H,11-12,16H2,1-3H3. The van der Waals surface area contributed by atoms with Gasteiger partial charge in [0, 0.05) is 46.7 Å². The number of ether oxygens (including phenoxy) is 1. The summed E-state index contributed by atoms with van der Waals surface area (Å²) in [7, 11) is 5.94. The predicted molar refractivity (Wildman–Crippen MR) is 139 cm³/mol. The number of hydrogen-bond acceptors (Lipinski definition) is 5. The first-order valence-corrected chi connectivity index (χ1v) is 12.1. The summed E-state index contributed by atoms with van der Waals surface area (Å²) < 4.78 is 8.17. The van der Waals surface area contributed by atoms with Crippen molar-refractivity contribution < 1.29 is 4.74 Å². The Kier molecular flexibility index (Phi) is 5.91.